The Bertz CT molecular complexity index is 468. The summed E-state index contributed by atoms with van der Waals surface area (Å²) in [5.41, 5.74) is 2.59. The maximum atomic E-state index is 12.4. The normalized spacial score (nSPS) is 16.1. The van der Waals surface area contributed by atoms with Crippen LogP contribution in [0.3, 0.4) is 0 Å². The van der Waals surface area contributed by atoms with E-state index in [2.05, 4.69) is 0 Å². The highest BCUT2D eigenvalue weighted by Crippen LogP contribution is 2.19. The van der Waals surface area contributed by atoms with Crippen LogP contribution >= 0.6 is 0 Å². The summed E-state index contributed by atoms with van der Waals surface area (Å²) in [6, 6.07) is 5.20. The first-order valence-electron chi connectivity index (χ1n) is 4.65. The second kappa shape index (κ2) is 3.90. The summed E-state index contributed by atoms with van der Waals surface area (Å²) in [6.45, 7) is 1.17. The van der Waals surface area contributed by atoms with Crippen LogP contribution in [0.25, 0.3) is 0 Å². The second-order valence-corrected chi connectivity index (χ2v) is 4.96. The Morgan fingerprint density at radius 1 is 1.33 bits per heavy atom. The van der Waals surface area contributed by atoms with E-state index < -0.39 is 16.0 Å². The molecule has 82 valence electrons. The minimum atomic E-state index is -4.44. The van der Waals surface area contributed by atoms with Crippen molar-refractivity contribution >= 4 is 10.2 Å². The van der Waals surface area contributed by atoms with Crippen LogP contribution in [0.2, 0.25) is 0 Å². The quantitative estimate of drug-likeness (QED) is 0.724. The Morgan fingerprint density at radius 2 is 2.13 bits per heavy atom. The van der Waals surface area contributed by atoms with Crippen LogP contribution in [0.15, 0.2) is 18.2 Å². The van der Waals surface area contributed by atoms with Crippen molar-refractivity contribution in [3.8, 4) is 0 Å². The topological polar surface area (TPSA) is 43.4 Å². The molecule has 0 spiro atoms. The summed E-state index contributed by atoms with van der Waals surface area (Å²) in [5.74, 6) is -0.555. The molecule has 0 unspecified atom stereocenters. The summed E-state index contributed by atoms with van der Waals surface area (Å²) < 4.78 is 38.6. The van der Waals surface area contributed by atoms with Crippen molar-refractivity contribution in [2.75, 3.05) is 6.61 Å². The van der Waals surface area contributed by atoms with E-state index in [-0.39, 0.29) is 0 Å². The van der Waals surface area contributed by atoms with Crippen LogP contribution < -0.4 is 0 Å². The minimum Gasteiger partial charge on any atom is -0.376 e. The second-order valence-electron chi connectivity index (χ2n) is 3.59. The molecule has 0 bridgehead atoms. The van der Waals surface area contributed by atoms with Crippen molar-refractivity contribution in [2.24, 2.45) is 0 Å². The molecule has 3 nitrogen and oxygen atoms in total. The Balaban J connectivity index is 2.28. The lowest BCUT2D eigenvalue weighted by molar-refractivity contribution is 0.110. The van der Waals surface area contributed by atoms with Gasteiger partial charge in [-0.15, -0.1) is 3.89 Å². The van der Waals surface area contributed by atoms with Gasteiger partial charge in [-0.2, -0.15) is 8.42 Å². The molecular formula is C10H11FO3S. The van der Waals surface area contributed by atoms with Gasteiger partial charge in [0.2, 0.25) is 0 Å². The summed E-state index contributed by atoms with van der Waals surface area (Å²) in [4.78, 5) is 0. The predicted molar refractivity (Wildman–Crippen MR) is 53.5 cm³/mol. The van der Waals surface area contributed by atoms with E-state index in [0.29, 0.717) is 18.8 Å². The molecule has 15 heavy (non-hydrogen) atoms. The van der Waals surface area contributed by atoms with Crippen molar-refractivity contribution in [3.63, 3.8) is 0 Å². The molecule has 1 aliphatic heterocycles. The molecule has 1 aliphatic rings. The minimum absolute atomic E-state index is 0.474. The Kier molecular flexibility index (Phi) is 2.75. The summed E-state index contributed by atoms with van der Waals surface area (Å²) >= 11 is 0. The van der Waals surface area contributed by atoms with Gasteiger partial charge in [-0.1, -0.05) is 18.2 Å². The first kappa shape index (κ1) is 10.6. The smallest absolute Gasteiger partial charge is 0.306 e. The summed E-state index contributed by atoms with van der Waals surface area (Å²) in [6.07, 6.45) is 0.831. The van der Waals surface area contributed by atoms with E-state index >= 15 is 0 Å². The molecular weight excluding hydrogens is 219 g/mol. The fourth-order valence-electron chi connectivity index (χ4n) is 1.71. The molecule has 0 saturated carbocycles. The molecule has 0 aliphatic carbocycles. The number of fused-ring (bicyclic) bond motifs is 1. The number of hydrogen-bond acceptors (Lipinski definition) is 3. The molecule has 0 radical (unpaired) electrons. The monoisotopic (exact) mass is 230 g/mol. The molecule has 0 amide bonds. The maximum Gasteiger partial charge on any atom is 0.306 e. The van der Waals surface area contributed by atoms with Crippen LogP contribution in [-0.4, -0.2) is 15.0 Å². The van der Waals surface area contributed by atoms with Gasteiger partial charge in [0.1, 0.15) is 5.75 Å². The van der Waals surface area contributed by atoms with Gasteiger partial charge in [0.25, 0.3) is 0 Å². The zero-order valence-electron chi connectivity index (χ0n) is 8.07. The Hall–Kier alpha value is -0.940. The lowest BCUT2D eigenvalue weighted by atomic mass is 10.0. The zero-order chi connectivity index (χ0) is 10.9. The predicted octanol–water partition coefficient (Wildman–Crippen LogP) is 1.56. The molecule has 0 aromatic heterocycles. The van der Waals surface area contributed by atoms with Gasteiger partial charge < -0.3 is 4.74 Å². The first-order chi connectivity index (χ1) is 7.04. The van der Waals surface area contributed by atoms with Gasteiger partial charge in [0.05, 0.1) is 13.2 Å². The molecule has 0 fully saturated rings. The van der Waals surface area contributed by atoms with Gasteiger partial charge in [0, 0.05) is 0 Å². The molecule has 0 atom stereocenters. The lowest BCUT2D eigenvalue weighted by Gasteiger charge is -2.16. The number of benzene rings is 1. The molecule has 0 saturated heterocycles. The molecule has 2 rings (SSSR count). The van der Waals surface area contributed by atoms with E-state index in [0.717, 1.165) is 17.5 Å². The standard InChI is InChI=1S/C10H11FO3S/c11-15(12,13)7-8-1-2-9-3-4-14-6-10(9)5-8/h1-2,5H,3-4,6-7H2. The van der Waals surface area contributed by atoms with Gasteiger partial charge in [-0.25, -0.2) is 0 Å². The highest BCUT2D eigenvalue weighted by molar-refractivity contribution is 7.85. The van der Waals surface area contributed by atoms with Crippen molar-refractivity contribution in [1.82, 2.24) is 0 Å². The van der Waals surface area contributed by atoms with Gasteiger partial charge in [-0.05, 0) is 23.1 Å². The average Bonchev–Trinajstić information content (AvgIpc) is 2.15. The largest absolute Gasteiger partial charge is 0.376 e. The van der Waals surface area contributed by atoms with Gasteiger partial charge >= 0.3 is 10.2 Å². The molecule has 0 N–H and O–H groups in total. The lowest BCUT2D eigenvalue weighted by Crippen LogP contribution is -2.10. The van der Waals surface area contributed by atoms with Crippen molar-refractivity contribution < 1.29 is 17.0 Å². The fourth-order valence-corrected chi connectivity index (χ4v) is 2.29. The third kappa shape index (κ3) is 2.76. The van der Waals surface area contributed by atoms with Crippen LogP contribution in [0, 0.1) is 0 Å². The van der Waals surface area contributed by atoms with Crippen molar-refractivity contribution in [1.29, 1.82) is 0 Å². The highest BCUT2D eigenvalue weighted by atomic mass is 32.3. The molecule has 1 aromatic carbocycles. The average molecular weight is 230 g/mol. The van der Waals surface area contributed by atoms with E-state index in [9.17, 15) is 12.3 Å². The Labute approximate surface area is 88.1 Å². The van der Waals surface area contributed by atoms with Gasteiger partial charge in [0.15, 0.2) is 0 Å². The van der Waals surface area contributed by atoms with Gasteiger partial charge in [-0.3, -0.25) is 0 Å². The van der Waals surface area contributed by atoms with Crippen molar-refractivity contribution in [3.05, 3.63) is 34.9 Å². The van der Waals surface area contributed by atoms with Crippen LogP contribution in [0.4, 0.5) is 3.89 Å². The first-order valence-corrected chi connectivity index (χ1v) is 6.20. The van der Waals surface area contributed by atoms with E-state index in [1.807, 2.05) is 6.07 Å². The third-order valence-electron chi connectivity index (χ3n) is 2.38. The zero-order valence-corrected chi connectivity index (χ0v) is 8.89. The van der Waals surface area contributed by atoms with Crippen LogP contribution in [-0.2, 0) is 33.7 Å². The van der Waals surface area contributed by atoms with E-state index in [1.165, 1.54) is 0 Å². The fraction of sp³-hybridized carbons (Fsp3) is 0.400. The SMILES string of the molecule is O=S(=O)(F)Cc1ccc2c(c1)COCC2. The summed E-state index contributed by atoms with van der Waals surface area (Å²) in [7, 11) is -4.44. The Morgan fingerprint density at radius 3 is 2.87 bits per heavy atom. The van der Waals surface area contributed by atoms with Crippen LogP contribution in [0.1, 0.15) is 16.7 Å². The number of halogens is 1. The van der Waals surface area contributed by atoms with Crippen molar-refractivity contribution in [2.45, 2.75) is 18.8 Å². The maximum absolute atomic E-state index is 12.4. The molecule has 5 heteroatoms. The number of ether oxygens (including phenoxy) is 1. The van der Waals surface area contributed by atoms with Crippen LogP contribution in [0.5, 0.6) is 0 Å². The molecule has 1 aromatic rings. The summed E-state index contributed by atoms with van der Waals surface area (Å²) in [5, 5.41) is 0. The van der Waals surface area contributed by atoms with E-state index in [1.54, 1.807) is 12.1 Å². The highest BCUT2D eigenvalue weighted by Gasteiger charge is 2.13. The number of rotatable bonds is 2. The number of hydrogen-bond donors (Lipinski definition) is 0. The third-order valence-corrected chi connectivity index (χ3v) is 3.06. The van der Waals surface area contributed by atoms with E-state index in [4.69, 9.17) is 4.74 Å². The molecule has 1 heterocycles.